The van der Waals surface area contributed by atoms with Crippen LogP contribution in [0.1, 0.15) is 5.56 Å². The Bertz CT molecular complexity index is 738. The van der Waals surface area contributed by atoms with Crippen LogP contribution in [-0.4, -0.2) is 9.55 Å². The maximum absolute atomic E-state index is 14.0. The summed E-state index contributed by atoms with van der Waals surface area (Å²) in [5, 5.41) is 1.94. The fraction of sp³-hybridized carbons (Fsp3) is 0.0714. The molecule has 6 heteroatoms. The van der Waals surface area contributed by atoms with Crippen LogP contribution in [0.15, 0.2) is 46.5 Å². The highest BCUT2D eigenvalue weighted by Crippen LogP contribution is 2.26. The van der Waals surface area contributed by atoms with Crippen molar-refractivity contribution in [1.29, 1.82) is 0 Å². The Balaban J connectivity index is 2.01. The number of aromatic nitrogens is 2. The Morgan fingerprint density at radius 2 is 2.10 bits per heavy atom. The lowest BCUT2D eigenvalue weighted by atomic mass is 10.2. The van der Waals surface area contributed by atoms with E-state index in [9.17, 15) is 8.78 Å². The molecule has 102 valence electrons. The summed E-state index contributed by atoms with van der Waals surface area (Å²) in [6.07, 6.45) is 3.34. The molecule has 2 aromatic heterocycles. The Hall–Kier alpha value is -1.53. The summed E-state index contributed by atoms with van der Waals surface area (Å²) in [4.78, 5) is 5.22. The molecule has 0 bridgehead atoms. The number of rotatable bonds is 3. The predicted molar refractivity (Wildman–Crippen MR) is 78.7 cm³/mol. The molecule has 20 heavy (non-hydrogen) atoms. The fourth-order valence-corrected chi connectivity index (χ4v) is 3.06. The van der Waals surface area contributed by atoms with Gasteiger partial charge in [-0.3, -0.25) is 0 Å². The lowest BCUT2D eigenvalue weighted by Crippen LogP contribution is -2.05. The second kappa shape index (κ2) is 5.46. The molecule has 2 heterocycles. The van der Waals surface area contributed by atoms with Crippen molar-refractivity contribution in [3.63, 3.8) is 0 Å². The SMILES string of the molecule is Fc1ccc(Br)c(F)c1Cn1ccnc1-c1cccs1. The molecule has 0 aliphatic rings. The van der Waals surface area contributed by atoms with Crippen molar-refractivity contribution in [2.45, 2.75) is 6.54 Å². The second-order valence-corrected chi connectivity index (χ2v) is 5.98. The van der Waals surface area contributed by atoms with Crippen LogP contribution in [0.5, 0.6) is 0 Å². The van der Waals surface area contributed by atoms with Gasteiger partial charge in [0.2, 0.25) is 0 Å². The van der Waals surface area contributed by atoms with E-state index in [-0.39, 0.29) is 16.6 Å². The average molecular weight is 355 g/mol. The number of nitrogens with zero attached hydrogens (tertiary/aromatic N) is 2. The third-order valence-electron chi connectivity index (χ3n) is 2.92. The summed E-state index contributed by atoms with van der Waals surface area (Å²) in [6, 6.07) is 6.46. The van der Waals surface area contributed by atoms with E-state index in [0.29, 0.717) is 5.82 Å². The van der Waals surface area contributed by atoms with Crippen molar-refractivity contribution in [2.75, 3.05) is 0 Å². The number of hydrogen-bond acceptors (Lipinski definition) is 2. The monoisotopic (exact) mass is 354 g/mol. The van der Waals surface area contributed by atoms with Crippen LogP contribution in [0.3, 0.4) is 0 Å². The fourth-order valence-electron chi connectivity index (χ4n) is 1.95. The Labute approximate surface area is 126 Å². The molecule has 1 aromatic carbocycles. The van der Waals surface area contributed by atoms with Gasteiger partial charge in [-0.15, -0.1) is 11.3 Å². The van der Waals surface area contributed by atoms with E-state index in [2.05, 4.69) is 20.9 Å². The van der Waals surface area contributed by atoms with Crippen LogP contribution in [-0.2, 0) is 6.54 Å². The summed E-state index contributed by atoms with van der Waals surface area (Å²) in [7, 11) is 0. The van der Waals surface area contributed by atoms with Gasteiger partial charge in [0.1, 0.15) is 17.5 Å². The molecule has 0 radical (unpaired) electrons. The zero-order valence-electron chi connectivity index (χ0n) is 10.2. The van der Waals surface area contributed by atoms with E-state index in [4.69, 9.17) is 0 Å². The molecular formula is C14H9BrF2N2S. The predicted octanol–water partition coefficient (Wildman–Crippen LogP) is 4.70. The normalized spacial score (nSPS) is 10.9. The first-order valence-corrected chi connectivity index (χ1v) is 7.51. The molecule has 0 amide bonds. The van der Waals surface area contributed by atoms with Crippen LogP contribution in [0.25, 0.3) is 10.7 Å². The molecule has 0 aliphatic carbocycles. The molecule has 3 aromatic rings. The Morgan fingerprint density at radius 1 is 1.25 bits per heavy atom. The standard InChI is InChI=1S/C14H9BrF2N2S/c15-10-3-4-11(16)9(13(10)17)8-19-6-5-18-14(19)12-2-1-7-20-12/h1-7H,8H2. The molecule has 0 spiro atoms. The van der Waals surface area contributed by atoms with Crippen molar-refractivity contribution in [1.82, 2.24) is 9.55 Å². The second-order valence-electron chi connectivity index (χ2n) is 4.18. The first-order valence-electron chi connectivity index (χ1n) is 5.84. The van der Waals surface area contributed by atoms with E-state index in [0.717, 1.165) is 4.88 Å². The number of imidazole rings is 1. The van der Waals surface area contributed by atoms with Gasteiger partial charge in [-0.05, 0) is 39.5 Å². The molecule has 0 unspecified atom stereocenters. The van der Waals surface area contributed by atoms with E-state index >= 15 is 0 Å². The Kier molecular flexibility index (Phi) is 3.67. The highest BCUT2D eigenvalue weighted by atomic mass is 79.9. The zero-order chi connectivity index (χ0) is 14.1. The van der Waals surface area contributed by atoms with Gasteiger partial charge in [0.15, 0.2) is 0 Å². The van der Waals surface area contributed by atoms with Gasteiger partial charge < -0.3 is 4.57 Å². The maximum Gasteiger partial charge on any atom is 0.150 e. The van der Waals surface area contributed by atoms with Crippen LogP contribution < -0.4 is 0 Å². The van der Waals surface area contributed by atoms with Crippen LogP contribution in [0, 0.1) is 11.6 Å². The van der Waals surface area contributed by atoms with Gasteiger partial charge in [0, 0.05) is 18.0 Å². The summed E-state index contributed by atoms with van der Waals surface area (Å²) >= 11 is 4.61. The topological polar surface area (TPSA) is 17.8 Å². The van der Waals surface area contributed by atoms with Crippen LogP contribution in [0.4, 0.5) is 8.78 Å². The summed E-state index contributed by atoms with van der Waals surface area (Å²) in [6.45, 7) is 0.102. The van der Waals surface area contributed by atoms with Crippen molar-refractivity contribution >= 4 is 27.3 Å². The van der Waals surface area contributed by atoms with E-state index in [1.54, 1.807) is 17.0 Å². The van der Waals surface area contributed by atoms with Gasteiger partial charge >= 0.3 is 0 Å². The van der Waals surface area contributed by atoms with Crippen LogP contribution >= 0.6 is 27.3 Å². The minimum Gasteiger partial charge on any atom is -0.326 e. The largest absolute Gasteiger partial charge is 0.326 e. The van der Waals surface area contributed by atoms with Crippen LogP contribution in [0.2, 0.25) is 0 Å². The van der Waals surface area contributed by atoms with E-state index < -0.39 is 11.6 Å². The molecule has 0 aliphatic heterocycles. The summed E-state index contributed by atoms with van der Waals surface area (Å²) in [5.74, 6) is -0.425. The lowest BCUT2D eigenvalue weighted by Gasteiger charge is -2.09. The number of thiophene rings is 1. The maximum atomic E-state index is 14.0. The van der Waals surface area contributed by atoms with Gasteiger partial charge in [-0.25, -0.2) is 13.8 Å². The lowest BCUT2D eigenvalue weighted by molar-refractivity contribution is 0.541. The summed E-state index contributed by atoms with van der Waals surface area (Å²) < 4.78 is 29.8. The molecule has 3 rings (SSSR count). The number of hydrogen-bond donors (Lipinski definition) is 0. The quantitative estimate of drug-likeness (QED) is 0.623. The molecular weight excluding hydrogens is 346 g/mol. The summed E-state index contributed by atoms with van der Waals surface area (Å²) in [5.41, 5.74) is 0.0233. The van der Waals surface area contributed by atoms with Crippen molar-refractivity contribution < 1.29 is 8.78 Å². The highest BCUT2D eigenvalue weighted by molar-refractivity contribution is 9.10. The zero-order valence-corrected chi connectivity index (χ0v) is 12.6. The molecule has 0 atom stereocenters. The Morgan fingerprint density at radius 3 is 2.85 bits per heavy atom. The average Bonchev–Trinajstić information content (AvgIpc) is 3.09. The van der Waals surface area contributed by atoms with Crippen molar-refractivity contribution in [2.24, 2.45) is 0 Å². The number of benzene rings is 1. The molecule has 0 N–H and O–H groups in total. The molecule has 0 saturated carbocycles. The van der Waals surface area contributed by atoms with E-state index in [1.807, 2.05) is 17.5 Å². The van der Waals surface area contributed by atoms with Gasteiger partial charge in [0.05, 0.1) is 15.9 Å². The minimum atomic E-state index is -0.573. The third kappa shape index (κ3) is 2.41. The van der Waals surface area contributed by atoms with Gasteiger partial charge in [0.25, 0.3) is 0 Å². The van der Waals surface area contributed by atoms with Gasteiger partial charge in [-0.2, -0.15) is 0 Å². The minimum absolute atomic E-state index is 0.0233. The third-order valence-corrected chi connectivity index (χ3v) is 4.40. The number of halogens is 3. The smallest absolute Gasteiger partial charge is 0.150 e. The van der Waals surface area contributed by atoms with E-state index in [1.165, 1.54) is 23.5 Å². The van der Waals surface area contributed by atoms with Crippen molar-refractivity contribution in [3.05, 3.63) is 63.7 Å². The molecule has 2 nitrogen and oxygen atoms in total. The highest BCUT2D eigenvalue weighted by Gasteiger charge is 2.15. The van der Waals surface area contributed by atoms with Gasteiger partial charge in [-0.1, -0.05) is 6.07 Å². The van der Waals surface area contributed by atoms with Crippen molar-refractivity contribution in [3.8, 4) is 10.7 Å². The first-order chi connectivity index (χ1) is 9.66. The molecule has 0 saturated heterocycles. The first kappa shape index (κ1) is 13.5. The molecule has 0 fully saturated rings.